The number of rotatable bonds is 8. The number of hydrogen-bond acceptors (Lipinski definition) is 3. The van der Waals surface area contributed by atoms with E-state index in [0.29, 0.717) is 12.5 Å². The SMILES string of the molecule is CCCOc1ccc(C2CC2CNC)cc1OCC. The molecule has 106 valence electrons. The van der Waals surface area contributed by atoms with Gasteiger partial charge in [-0.1, -0.05) is 13.0 Å². The van der Waals surface area contributed by atoms with Crippen molar-refractivity contribution in [3.63, 3.8) is 0 Å². The fourth-order valence-electron chi connectivity index (χ4n) is 2.50. The minimum atomic E-state index is 0.677. The first-order chi connectivity index (χ1) is 9.30. The maximum atomic E-state index is 5.73. The molecule has 0 radical (unpaired) electrons. The zero-order valence-corrected chi connectivity index (χ0v) is 12.2. The zero-order valence-electron chi connectivity index (χ0n) is 12.2. The second kappa shape index (κ2) is 6.80. The molecule has 0 heterocycles. The summed E-state index contributed by atoms with van der Waals surface area (Å²) in [6, 6.07) is 6.41. The summed E-state index contributed by atoms with van der Waals surface area (Å²) < 4.78 is 11.4. The zero-order chi connectivity index (χ0) is 13.7. The van der Waals surface area contributed by atoms with E-state index in [1.165, 1.54) is 12.0 Å². The Morgan fingerprint density at radius 3 is 2.74 bits per heavy atom. The first-order valence-electron chi connectivity index (χ1n) is 7.34. The van der Waals surface area contributed by atoms with Crippen molar-refractivity contribution in [2.75, 3.05) is 26.8 Å². The molecule has 0 aromatic heterocycles. The van der Waals surface area contributed by atoms with E-state index in [4.69, 9.17) is 9.47 Å². The van der Waals surface area contributed by atoms with E-state index in [9.17, 15) is 0 Å². The summed E-state index contributed by atoms with van der Waals surface area (Å²) in [6.07, 6.45) is 2.29. The predicted octanol–water partition coefficient (Wildman–Crippen LogP) is 3.20. The van der Waals surface area contributed by atoms with Gasteiger partial charge in [-0.15, -0.1) is 0 Å². The van der Waals surface area contributed by atoms with Gasteiger partial charge < -0.3 is 14.8 Å². The normalized spacial score (nSPS) is 21.2. The standard InChI is InChI=1S/C16H25NO2/c1-4-8-19-15-7-6-12(10-16(15)18-5-2)14-9-13(14)11-17-3/h6-7,10,13-14,17H,4-5,8-9,11H2,1-3H3. The topological polar surface area (TPSA) is 30.5 Å². The number of benzene rings is 1. The lowest BCUT2D eigenvalue weighted by Crippen LogP contribution is -2.10. The number of hydrogen-bond donors (Lipinski definition) is 1. The lowest BCUT2D eigenvalue weighted by molar-refractivity contribution is 0.276. The van der Waals surface area contributed by atoms with Gasteiger partial charge in [0.2, 0.25) is 0 Å². The third kappa shape index (κ3) is 3.63. The Morgan fingerprint density at radius 1 is 1.21 bits per heavy atom. The van der Waals surface area contributed by atoms with Gasteiger partial charge in [-0.25, -0.2) is 0 Å². The van der Waals surface area contributed by atoms with Crippen LogP contribution in [0, 0.1) is 5.92 Å². The summed E-state index contributed by atoms with van der Waals surface area (Å²) in [5, 5.41) is 3.25. The molecular weight excluding hydrogens is 238 g/mol. The van der Waals surface area contributed by atoms with E-state index in [2.05, 4.69) is 30.4 Å². The largest absolute Gasteiger partial charge is 0.490 e. The Balaban J connectivity index is 2.08. The molecule has 3 heteroatoms. The third-order valence-corrected chi connectivity index (χ3v) is 3.55. The molecule has 0 amide bonds. The molecule has 2 rings (SSSR count). The van der Waals surface area contributed by atoms with Crippen LogP contribution in [0.1, 0.15) is 38.2 Å². The van der Waals surface area contributed by atoms with Gasteiger partial charge in [0.05, 0.1) is 13.2 Å². The Morgan fingerprint density at radius 2 is 2.05 bits per heavy atom. The van der Waals surface area contributed by atoms with Crippen molar-refractivity contribution in [1.29, 1.82) is 0 Å². The highest BCUT2D eigenvalue weighted by Gasteiger charge is 2.37. The Labute approximate surface area is 116 Å². The molecule has 0 spiro atoms. The monoisotopic (exact) mass is 263 g/mol. The van der Waals surface area contributed by atoms with E-state index >= 15 is 0 Å². The maximum Gasteiger partial charge on any atom is 0.161 e. The average Bonchev–Trinajstić information content (AvgIpc) is 3.17. The van der Waals surface area contributed by atoms with Crippen LogP contribution in [0.5, 0.6) is 11.5 Å². The summed E-state index contributed by atoms with van der Waals surface area (Å²) in [7, 11) is 2.02. The minimum Gasteiger partial charge on any atom is -0.490 e. The summed E-state index contributed by atoms with van der Waals surface area (Å²) in [4.78, 5) is 0. The first kappa shape index (κ1) is 14.2. The molecule has 1 aliphatic carbocycles. The van der Waals surface area contributed by atoms with Gasteiger partial charge in [0, 0.05) is 0 Å². The molecule has 0 bridgehead atoms. The number of nitrogens with one attached hydrogen (secondary N) is 1. The highest BCUT2D eigenvalue weighted by atomic mass is 16.5. The van der Waals surface area contributed by atoms with Crippen LogP contribution < -0.4 is 14.8 Å². The van der Waals surface area contributed by atoms with Crippen molar-refractivity contribution in [1.82, 2.24) is 5.32 Å². The van der Waals surface area contributed by atoms with Gasteiger partial charge in [-0.2, -0.15) is 0 Å². The maximum absolute atomic E-state index is 5.73. The summed E-state index contributed by atoms with van der Waals surface area (Å²) in [5.74, 6) is 3.23. The molecule has 0 saturated heterocycles. The summed E-state index contributed by atoms with van der Waals surface area (Å²) in [6.45, 7) is 6.64. The molecule has 1 aliphatic rings. The van der Waals surface area contributed by atoms with Crippen molar-refractivity contribution >= 4 is 0 Å². The van der Waals surface area contributed by atoms with E-state index < -0.39 is 0 Å². The van der Waals surface area contributed by atoms with Gasteiger partial charge in [0.1, 0.15) is 0 Å². The number of ether oxygens (including phenoxy) is 2. The van der Waals surface area contributed by atoms with Crippen LogP contribution in [0.15, 0.2) is 18.2 Å². The van der Waals surface area contributed by atoms with E-state index in [1.54, 1.807) is 0 Å². The van der Waals surface area contributed by atoms with Gasteiger partial charge in [0.15, 0.2) is 11.5 Å². The van der Waals surface area contributed by atoms with Gasteiger partial charge >= 0.3 is 0 Å². The highest BCUT2D eigenvalue weighted by molar-refractivity contribution is 5.45. The molecule has 1 N–H and O–H groups in total. The van der Waals surface area contributed by atoms with E-state index in [0.717, 1.165) is 37.0 Å². The van der Waals surface area contributed by atoms with E-state index in [1.807, 2.05) is 14.0 Å². The Hall–Kier alpha value is -1.22. The molecule has 2 unspecified atom stereocenters. The third-order valence-electron chi connectivity index (χ3n) is 3.55. The van der Waals surface area contributed by atoms with E-state index in [-0.39, 0.29) is 0 Å². The predicted molar refractivity (Wildman–Crippen MR) is 78.2 cm³/mol. The van der Waals surface area contributed by atoms with Gasteiger partial charge in [0.25, 0.3) is 0 Å². The smallest absolute Gasteiger partial charge is 0.161 e. The molecule has 2 atom stereocenters. The van der Waals surface area contributed by atoms with Crippen LogP contribution in [0.3, 0.4) is 0 Å². The van der Waals surface area contributed by atoms with Crippen molar-refractivity contribution in [2.24, 2.45) is 5.92 Å². The second-order valence-corrected chi connectivity index (χ2v) is 5.15. The lowest BCUT2D eigenvalue weighted by atomic mass is 10.1. The van der Waals surface area contributed by atoms with Crippen molar-refractivity contribution in [2.45, 2.75) is 32.6 Å². The van der Waals surface area contributed by atoms with Gasteiger partial charge in [-0.3, -0.25) is 0 Å². The fourth-order valence-corrected chi connectivity index (χ4v) is 2.50. The quantitative estimate of drug-likeness (QED) is 0.781. The molecule has 3 nitrogen and oxygen atoms in total. The second-order valence-electron chi connectivity index (χ2n) is 5.15. The molecule has 19 heavy (non-hydrogen) atoms. The van der Waals surface area contributed by atoms with Crippen LogP contribution in [-0.2, 0) is 0 Å². The first-order valence-corrected chi connectivity index (χ1v) is 7.34. The molecule has 1 fully saturated rings. The summed E-state index contributed by atoms with van der Waals surface area (Å²) >= 11 is 0. The van der Waals surface area contributed by atoms with Crippen molar-refractivity contribution in [3.8, 4) is 11.5 Å². The Bertz CT molecular complexity index is 406. The molecule has 0 aliphatic heterocycles. The summed E-state index contributed by atoms with van der Waals surface area (Å²) in [5.41, 5.74) is 1.38. The van der Waals surface area contributed by atoms with Crippen LogP contribution in [0.2, 0.25) is 0 Å². The average molecular weight is 263 g/mol. The van der Waals surface area contributed by atoms with Crippen LogP contribution in [0.4, 0.5) is 0 Å². The lowest BCUT2D eigenvalue weighted by Gasteiger charge is -2.13. The van der Waals surface area contributed by atoms with Crippen LogP contribution in [-0.4, -0.2) is 26.8 Å². The fraction of sp³-hybridized carbons (Fsp3) is 0.625. The molecule has 1 aromatic rings. The Kier molecular flexibility index (Phi) is 5.08. The van der Waals surface area contributed by atoms with Crippen LogP contribution in [0.25, 0.3) is 0 Å². The molecule has 1 aromatic carbocycles. The van der Waals surface area contributed by atoms with Crippen molar-refractivity contribution in [3.05, 3.63) is 23.8 Å². The highest BCUT2D eigenvalue weighted by Crippen LogP contribution is 2.48. The molecular formula is C16H25NO2. The van der Waals surface area contributed by atoms with Gasteiger partial charge in [-0.05, 0) is 62.9 Å². The van der Waals surface area contributed by atoms with Crippen molar-refractivity contribution < 1.29 is 9.47 Å². The van der Waals surface area contributed by atoms with Crippen LogP contribution >= 0.6 is 0 Å². The molecule has 1 saturated carbocycles. The minimum absolute atomic E-state index is 0.677.